The molecule has 3 atom stereocenters. The zero-order chi connectivity index (χ0) is 21.4. The number of amides is 2. The lowest BCUT2D eigenvalue weighted by Gasteiger charge is -2.32. The molecule has 156 valence electrons. The van der Waals surface area contributed by atoms with Crippen LogP contribution in [-0.4, -0.2) is 52.5 Å². The molecule has 0 saturated carbocycles. The smallest absolute Gasteiger partial charge is 0.268 e. The SMILES string of the molecule is CN(C(=O)[C@H](N)CO)[C@@H]1c2ccccc2CC1NC(=O)c1cc2cc(Cl)ccc2[nH]1. The van der Waals surface area contributed by atoms with E-state index in [9.17, 15) is 14.7 Å². The van der Waals surface area contributed by atoms with Crippen molar-refractivity contribution in [3.05, 3.63) is 70.4 Å². The van der Waals surface area contributed by atoms with Crippen molar-refractivity contribution in [2.75, 3.05) is 13.7 Å². The molecule has 1 aromatic heterocycles. The van der Waals surface area contributed by atoms with Crippen molar-refractivity contribution in [3.63, 3.8) is 0 Å². The van der Waals surface area contributed by atoms with Gasteiger partial charge in [0.15, 0.2) is 0 Å². The van der Waals surface area contributed by atoms with Gasteiger partial charge in [0.2, 0.25) is 5.91 Å². The predicted octanol–water partition coefficient (Wildman–Crippen LogP) is 2.00. The number of hydrogen-bond donors (Lipinski definition) is 4. The van der Waals surface area contributed by atoms with Gasteiger partial charge in [-0.25, -0.2) is 0 Å². The third-order valence-electron chi connectivity index (χ3n) is 5.62. The largest absolute Gasteiger partial charge is 0.394 e. The molecule has 0 saturated heterocycles. The Morgan fingerprint density at radius 3 is 2.83 bits per heavy atom. The number of nitrogens with two attached hydrogens (primary N) is 1. The van der Waals surface area contributed by atoms with Crippen LogP contribution in [0.25, 0.3) is 10.9 Å². The molecule has 0 bridgehead atoms. The van der Waals surface area contributed by atoms with Crippen molar-refractivity contribution in [1.29, 1.82) is 0 Å². The van der Waals surface area contributed by atoms with E-state index in [4.69, 9.17) is 17.3 Å². The van der Waals surface area contributed by atoms with Crippen molar-refractivity contribution in [2.24, 2.45) is 5.73 Å². The first-order chi connectivity index (χ1) is 14.4. The highest BCUT2D eigenvalue weighted by Gasteiger charge is 2.39. The van der Waals surface area contributed by atoms with Crippen LogP contribution in [0.4, 0.5) is 0 Å². The first-order valence-electron chi connectivity index (χ1n) is 9.69. The lowest BCUT2D eigenvalue weighted by Crippen LogP contribution is -2.50. The fourth-order valence-corrected chi connectivity index (χ4v) is 4.31. The van der Waals surface area contributed by atoms with Gasteiger partial charge in [-0.2, -0.15) is 0 Å². The number of rotatable bonds is 5. The monoisotopic (exact) mass is 426 g/mol. The van der Waals surface area contributed by atoms with Crippen molar-refractivity contribution < 1.29 is 14.7 Å². The maximum Gasteiger partial charge on any atom is 0.268 e. The minimum Gasteiger partial charge on any atom is -0.394 e. The van der Waals surface area contributed by atoms with Gasteiger partial charge < -0.3 is 26.0 Å². The number of carbonyl (C=O) groups is 2. The summed E-state index contributed by atoms with van der Waals surface area (Å²) >= 11 is 6.04. The Kier molecular flexibility index (Phi) is 5.51. The predicted molar refractivity (Wildman–Crippen MR) is 115 cm³/mol. The molecular formula is C22H23ClN4O3. The molecule has 7 nitrogen and oxygen atoms in total. The maximum atomic E-state index is 13.0. The van der Waals surface area contributed by atoms with Crippen molar-refractivity contribution in [2.45, 2.75) is 24.5 Å². The highest BCUT2D eigenvalue weighted by molar-refractivity contribution is 6.31. The molecule has 2 aromatic carbocycles. The van der Waals surface area contributed by atoms with Crippen LogP contribution in [0.1, 0.15) is 27.7 Å². The maximum absolute atomic E-state index is 13.0. The summed E-state index contributed by atoms with van der Waals surface area (Å²) in [5.74, 6) is -0.642. The molecule has 5 N–H and O–H groups in total. The van der Waals surface area contributed by atoms with Gasteiger partial charge in [-0.05, 0) is 41.8 Å². The fourth-order valence-electron chi connectivity index (χ4n) is 4.13. The molecule has 1 aliphatic rings. The van der Waals surface area contributed by atoms with E-state index in [0.29, 0.717) is 17.1 Å². The minimum absolute atomic E-state index is 0.266. The molecule has 0 aliphatic heterocycles. The van der Waals surface area contributed by atoms with E-state index >= 15 is 0 Å². The van der Waals surface area contributed by atoms with Crippen molar-refractivity contribution in [3.8, 4) is 0 Å². The molecule has 1 heterocycles. The number of hydrogen-bond acceptors (Lipinski definition) is 4. The molecular weight excluding hydrogens is 404 g/mol. The van der Waals surface area contributed by atoms with Crippen LogP contribution in [0.3, 0.4) is 0 Å². The molecule has 4 rings (SSSR count). The standard InChI is InChI=1S/C22H23ClN4O3/c1-27(22(30)16(24)11-28)20-15-5-3-2-4-12(15)9-18(20)26-21(29)19-10-13-8-14(23)6-7-17(13)25-19/h2-8,10,16,18,20,25,28H,9,11,24H2,1H3,(H,26,29)/t16-,18?,20-/m1/s1. The van der Waals surface area contributed by atoms with Gasteiger partial charge in [-0.3, -0.25) is 9.59 Å². The first-order valence-corrected chi connectivity index (χ1v) is 10.1. The Balaban J connectivity index is 1.61. The van der Waals surface area contributed by atoms with Gasteiger partial charge in [0, 0.05) is 23.0 Å². The van der Waals surface area contributed by atoms with Gasteiger partial charge in [-0.15, -0.1) is 0 Å². The summed E-state index contributed by atoms with van der Waals surface area (Å²) in [6.45, 7) is -0.438. The Hall–Kier alpha value is -2.87. The van der Waals surface area contributed by atoms with Crippen LogP contribution < -0.4 is 11.1 Å². The fraction of sp³-hybridized carbons (Fsp3) is 0.273. The normalized spacial score (nSPS) is 18.8. The average Bonchev–Trinajstić information content (AvgIpc) is 3.32. The van der Waals surface area contributed by atoms with Gasteiger partial charge in [0.25, 0.3) is 5.91 Å². The molecule has 1 aliphatic carbocycles. The molecule has 0 spiro atoms. The Labute approximate surface area is 178 Å². The number of nitrogens with one attached hydrogen (secondary N) is 2. The first kappa shape index (κ1) is 20.4. The Bertz CT molecular complexity index is 1110. The van der Waals surface area contributed by atoms with Crippen LogP contribution in [0, 0.1) is 0 Å². The number of halogens is 1. The van der Waals surface area contributed by atoms with Crippen molar-refractivity contribution in [1.82, 2.24) is 15.2 Å². The lowest BCUT2D eigenvalue weighted by atomic mass is 10.0. The lowest BCUT2D eigenvalue weighted by molar-refractivity contribution is -0.134. The van der Waals surface area contributed by atoms with E-state index in [1.807, 2.05) is 30.3 Å². The second-order valence-electron chi connectivity index (χ2n) is 7.58. The molecule has 0 fully saturated rings. The highest BCUT2D eigenvalue weighted by Crippen LogP contribution is 2.36. The molecule has 0 radical (unpaired) electrons. The van der Waals surface area contributed by atoms with Crippen LogP contribution in [0.15, 0.2) is 48.5 Å². The summed E-state index contributed by atoms with van der Waals surface area (Å²) < 4.78 is 0. The molecule has 30 heavy (non-hydrogen) atoms. The quantitative estimate of drug-likeness (QED) is 0.500. The third-order valence-corrected chi connectivity index (χ3v) is 5.85. The van der Waals surface area contributed by atoms with Crippen LogP contribution in [0.5, 0.6) is 0 Å². The van der Waals surface area contributed by atoms with Gasteiger partial charge in [0.05, 0.1) is 18.7 Å². The van der Waals surface area contributed by atoms with Gasteiger partial charge in [-0.1, -0.05) is 35.9 Å². The summed E-state index contributed by atoms with van der Waals surface area (Å²) in [4.78, 5) is 30.2. The molecule has 8 heteroatoms. The van der Waals surface area contributed by atoms with E-state index in [2.05, 4.69) is 10.3 Å². The van der Waals surface area contributed by atoms with Gasteiger partial charge >= 0.3 is 0 Å². The van der Waals surface area contributed by atoms with E-state index in [1.165, 1.54) is 4.90 Å². The number of aromatic amines is 1. The topological polar surface area (TPSA) is 111 Å². The molecule has 2 amide bonds. The second kappa shape index (κ2) is 8.10. The van der Waals surface area contributed by atoms with E-state index < -0.39 is 12.6 Å². The van der Waals surface area contributed by atoms with Crippen LogP contribution >= 0.6 is 11.6 Å². The summed E-state index contributed by atoms with van der Waals surface area (Å²) in [6, 6.07) is 13.2. The summed E-state index contributed by atoms with van der Waals surface area (Å²) in [5, 5.41) is 13.8. The van der Waals surface area contributed by atoms with Crippen molar-refractivity contribution >= 4 is 34.3 Å². The van der Waals surface area contributed by atoms with E-state index in [-0.39, 0.29) is 23.9 Å². The van der Waals surface area contributed by atoms with Gasteiger partial charge in [0.1, 0.15) is 11.7 Å². The van der Waals surface area contributed by atoms with Crippen LogP contribution in [-0.2, 0) is 11.2 Å². The Morgan fingerprint density at radius 1 is 1.30 bits per heavy atom. The number of aliphatic hydroxyl groups excluding tert-OH is 1. The Morgan fingerprint density at radius 2 is 2.07 bits per heavy atom. The zero-order valence-corrected chi connectivity index (χ0v) is 17.2. The second-order valence-corrected chi connectivity index (χ2v) is 8.02. The number of aliphatic hydroxyl groups is 1. The zero-order valence-electron chi connectivity index (χ0n) is 16.4. The van der Waals surface area contributed by atoms with E-state index in [1.54, 1.807) is 25.2 Å². The molecule has 3 aromatic rings. The number of likely N-dealkylation sites (N-methyl/N-ethyl adjacent to an activating group) is 1. The number of H-pyrrole nitrogens is 1. The van der Waals surface area contributed by atoms with Crippen LogP contribution in [0.2, 0.25) is 5.02 Å². The number of aromatic nitrogens is 1. The summed E-state index contributed by atoms with van der Waals surface area (Å²) in [5.41, 5.74) is 9.02. The number of benzene rings is 2. The molecule has 1 unspecified atom stereocenters. The summed E-state index contributed by atoms with van der Waals surface area (Å²) in [6.07, 6.45) is 0.588. The average molecular weight is 427 g/mol. The number of nitrogens with zero attached hydrogens (tertiary/aromatic N) is 1. The summed E-state index contributed by atoms with van der Waals surface area (Å²) in [7, 11) is 1.65. The highest BCUT2D eigenvalue weighted by atomic mass is 35.5. The number of carbonyl (C=O) groups excluding carboxylic acids is 2. The third kappa shape index (κ3) is 3.67. The van der Waals surface area contributed by atoms with E-state index in [0.717, 1.165) is 22.0 Å². The minimum atomic E-state index is -1.00. The number of fused-ring (bicyclic) bond motifs is 2.